The third-order valence-electron chi connectivity index (χ3n) is 3.61. The van der Waals surface area contributed by atoms with E-state index < -0.39 is 0 Å². The van der Waals surface area contributed by atoms with Crippen molar-refractivity contribution >= 4 is 17.4 Å². The molecule has 0 aliphatic heterocycles. The number of rotatable bonds is 7. The first-order valence-corrected chi connectivity index (χ1v) is 7.74. The lowest BCUT2D eigenvalue weighted by atomic mass is 10.1. The van der Waals surface area contributed by atoms with E-state index in [4.69, 9.17) is 4.74 Å². The topological polar surface area (TPSA) is 63.2 Å². The van der Waals surface area contributed by atoms with Gasteiger partial charge in [-0.05, 0) is 36.6 Å². The molecule has 0 saturated carbocycles. The second kappa shape index (κ2) is 8.29. The van der Waals surface area contributed by atoms with Crippen molar-refractivity contribution in [3.8, 4) is 0 Å². The molecule has 0 aliphatic carbocycles. The second-order valence-electron chi connectivity index (χ2n) is 5.27. The fourth-order valence-electron chi connectivity index (χ4n) is 2.30. The van der Waals surface area contributed by atoms with Crippen molar-refractivity contribution in [2.45, 2.75) is 20.3 Å². The number of carbonyl (C=O) groups excluding carboxylic acids is 1. The molecule has 0 bridgehead atoms. The van der Waals surface area contributed by atoms with Gasteiger partial charge in [-0.2, -0.15) is 0 Å². The van der Waals surface area contributed by atoms with Crippen LogP contribution in [-0.2, 0) is 11.2 Å². The fourth-order valence-corrected chi connectivity index (χ4v) is 2.30. The lowest BCUT2D eigenvalue weighted by Gasteiger charge is -2.13. The predicted octanol–water partition coefficient (Wildman–Crippen LogP) is 3.07. The van der Waals surface area contributed by atoms with E-state index in [1.807, 2.05) is 6.07 Å². The van der Waals surface area contributed by atoms with Crippen LogP contribution in [0.25, 0.3) is 0 Å². The van der Waals surface area contributed by atoms with Crippen LogP contribution < -0.4 is 10.6 Å². The van der Waals surface area contributed by atoms with Crippen molar-refractivity contribution in [1.82, 2.24) is 10.3 Å². The van der Waals surface area contributed by atoms with E-state index >= 15 is 0 Å². The molecule has 2 N–H and O–H groups in total. The van der Waals surface area contributed by atoms with Gasteiger partial charge in [-0.3, -0.25) is 4.79 Å². The van der Waals surface area contributed by atoms with Gasteiger partial charge in [-0.25, -0.2) is 4.98 Å². The maximum atomic E-state index is 11.9. The first-order valence-electron chi connectivity index (χ1n) is 7.74. The van der Waals surface area contributed by atoms with E-state index in [0.29, 0.717) is 18.7 Å². The minimum Gasteiger partial charge on any atom is -0.383 e. The summed E-state index contributed by atoms with van der Waals surface area (Å²) in [5, 5.41) is 6.12. The standard InChI is InChI=1S/C18H23N3O2/c1-4-14-7-5-6-13(2)17(14)21-16-9-8-15(12-20-16)18(22)19-10-11-23-3/h5-9,12H,4,10-11H2,1-3H3,(H,19,22)(H,20,21). The molecule has 5 nitrogen and oxygen atoms in total. The van der Waals surface area contributed by atoms with Gasteiger partial charge >= 0.3 is 0 Å². The lowest BCUT2D eigenvalue weighted by Crippen LogP contribution is -2.27. The molecule has 2 rings (SSSR count). The Morgan fingerprint density at radius 2 is 2.09 bits per heavy atom. The van der Waals surface area contributed by atoms with Gasteiger partial charge in [-0.15, -0.1) is 0 Å². The number of para-hydroxylation sites is 1. The van der Waals surface area contributed by atoms with Crippen LogP contribution in [0.3, 0.4) is 0 Å². The maximum Gasteiger partial charge on any atom is 0.252 e. The Morgan fingerprint density at radius 3 is 2.74 bits per heavy atom. The minimum atomic E-state index is -0.147. The number of hydrogen-bond donors (Lipinski definition) is 2. The second-order valence-corrected chi connectivity index (χ2v) is 5.27. The number of amides is 1. The number of carbonyl (C=O) groups is 1. The zero-order valence-electron chi connectivity index (χ0n) is 13.8. The summed E-state index contributed by atoms with van der Waals surface area (Å²) >= 11 is 0. The summed E-state index contributed by atoms with van der Waals surface area (Å²) in [4.78, 5) is 16.3. The van der Waals surface area contributed by atoms with Gasteiger partial charge in [0.05, 0.1) is 12.2 Å². The Kier molecular flexibility index (Phi) is 6.11. The van der Waals surface area contributed by atoms with Crippen LogP contribution in [0, 0.1) is 6.92 Å². The normalized spacial score (nSPS) is 10.4. The van der Waals surface area contributed by atoms with Crippen molar-refractivity contribution in [3.63, 3.8) is 0 Å². The van der Waals surface area contributed by atoms with Crippen LogP contribution in [0.2, 0.25) is 0 Å². The highest BCUT2D eigenvalue weighted by atomic mass is 16.5. The highest BCUT2D eigenvalue weighted by Gasteiger charge is 2.08. The highest BCUT2D eigenvalue weighted by molar-refractivity contribution is 5.94. The molecule has 0 saturated heterocycles. The Hall–Kier alpha value is -2.40. The molecular weight excluding hydrogens is 290 g/mol. The number of pyridine rings is 1. The number of anilines is 2. The van der Waals surface area contributed by atoms with Crippen LogP contribution >= 0.6 is 0 Å². The zero-order chi connectivity index (χ0) is 16.7. The van der Waals surface area contributed by atoms with E-state index in [2.05, 4.69) is 47.7 Å². The molecular formula is C18H23N3O2. The predicted molar refractivity (Wildman–Crippen MR) is 92.3 cm³/mol. The van der Waals surface area contributed by atoms with Crippen molar-refractivity contribution in [3.05, 3.63) is 53.2 Å². The van der Waals surface area contributed by atoms with Gasteiger partial charge in [-0.1, -0.05) is 25.1 Å². The first-order chi connectivity index (χ1) is 11.2. The Labute approximate surface area is 137 Å². The maximum absolute atomic E-state index is 11.9. The molecule has 0 atom stereocenters. The third kappa shape index (κ3) is 4.53. The lowest BCUT2D eigenvalue weighted by molar-refractivity contribution is 0.0937. The summed E-state index contributed by atoms with van der Waals surface area (Å²) in [6, 6.07) is 9.81. The summed E-state index contributed by atoms with van der Waals surface area (Å²) in [5.41, 5.74) is 4.03. The molecule has 1 amide bonds. The smallest absolute Gasteiger partial charge is 0.252 e. The molecule has 2 aromatic rings. The molecule has 0 unspecified atom stereocenters. The van der Waals surface area contributed by atoms with Gasteiger partial charge in [0.2, 0.25) is 0 Å². The van der Waals surface area contributed by atoms with E-state index in [1.165, 1.54) is 11.1 Å². The molecule has 1 aromatic heterocycles. The largest absolute Gasteiger partial charge is 0.383 e. The summed E-state index contributed by atoms with van der Waals surface area (Å²) in [7, 11) is 1.60. The summed E-state index contributed by atoms with van der Waals surface area (Å²) < 4.78 is 4.91. The van der Waals surface area contributed by atoms with Crippen molar-refractivity contribution in [2.75, 3.05) is 25.6 Å². The first kappa shape index (κ1) is 17.0. The number of ether oxygens (including phenoxy) is 1. The van der Waals surface area contributed by atoms with Gasteiger partial charge < -0.3 is 15.4 Å². The van der Waals surface area contributed by atoms with Crippen LogP contribution in [0.1, 0.15) is 28.4 Å². The number of methoxy groups -OCH3 is 1. The molecule has 122 valence electrons. The number of nitrogens with one attached hydrogen (secondary N) is 2. The highest BCUT2D eigenvalue weighted by Crippen LogP contribution is 2.24. The van der Waals surface area contributed by atoms with Crippen molar-refractivity contribution < 1.29 is 9.53 Å². The molecule has 1 aromatic carbocycles. The summed E-state index contributed by atoms with van der Waals surface area (Å²) in [6.07, 6.45) is 2.53. The van der Waals surface area contributed by atoms with Gasteiger partial charge in [0, 0.05) is 25.5 Å². The Morgan fingerprint density at radius 1 is 1.26 bits per heavy atom. The fraction of sp³-hybridized carbons (Fsp3) is 0.333. The van der Waals surface area contributed by atoms with E-state index in [0.717, 1.165) is 17.9 Å². The van der Waals surface area contributed by atoms with Gasteiger partial charge in [0.15, 0.2) is 0 Å². The number of nitrogens with zero attached hydrogens (tertiary/aromatic N) is 1. The van der Waals surface area contributed by atoms with Crippen LogP contribution in [0.4, 0.5) is 11.5 Å². The van der Waals surface area contributed by atoms with Crippen molar-refractivity contribution in [1.29, 1.82) is 0 Å². The van der Waals surface area contributed by atoms with E-state index in [9.17, 15) is 4.79 Å². The van der Waals surface area contributed by atoms with Crippen molar-refractivity contribution in [2.24, 2.45) is 0 Å². The Bertz CT molecular complexity index is 654. The summed E-state index contributed by atoms with van der Waals surface area (Å²) in [5.74, 6) is 0.577. The number of aryl methyl sites for hydroxylation is 2. The molecule has 23 heavy (non-hydrogen) atoms. The van der Waals surface area contributed by atoms with E-state index in [-0.39, 0.29) is 5.91 Å². The van der Waals surface area contributed by atoms with Gasteiger partial charge in [0.25, 0.3) is 5.91 Å². The SMILES string of the molecule is CCc1cccc(C)c1Nc1ccc(C(=O)NCCOC)cn1. The zero-order valence-corrected chi connectivity index (χ0v) is 13.8. The van der Waals surface area contributed by atoms with E-state index in [1.54, 1.807) is 19.4 Å². The van der Waals surface area contributed by atoms with Crippen LogP contribution in [0.15, 0.2) is 36.5 Å². The molecule has 0 radical (unpaired) electrons. The third-order valence-corrected chi connectivity index (χ3v) is 3.61. The molecule has 1 heterocycles. The average molecular weight is 313 g/mol. The average Bonchev–Trinajstić information content (AvgIpc) is 2.57. The number of benzene rings is 1. The minimum absolute atomic E-state index is 0.147. The Balaban J connectivity index is 2.07. The molecule has 0 spiro atoms. The molecule has 0 aliphatic rings. The number of aromatic nitrogens is 1. The molecule has 5 heteroatoms. The van der Waals surface area contributed by atoms with Crippen LogP contribution in [-0.4, -0.2) is 31.2 Å². The quantitative estimate of drug-likeness (QED) is 0.771. The summed E-state index contributed by atoms with van der Waals surface area (Å²) in [6.45, 7) is 5.17. The molecule has 0 fully saturated rings. The van der Waals surface area contributed by atoms with Crippen LogP contribution in [0.5, 0.6) is 0 Å². The number of hydrogen-bond acceptors (Lipinski definition) is 4. The van der Waals surface area contributed by atoms with Gasteiger partial charge in [0.1, 0.15) is 5.82 Å². The monoisotopic (exact) mass is 313 g/mol.